The number of amides is 2. The molecule has 2 amide bonds. The predicted octanol–water partition coefficient (Wildman–Crippen LogP) is 1.52. The highest BCUT2D eigenvalue weighted by Crippen LogP contribution is 2.18. The first kappa shape index (κ1) is 17.0. The number of nitrogens with one attached hydrogen (secondary N) is 2. The van der Waals surface area contributed by atoms with Crippen molar-refractivity contribution in [1.82, 2.24) is 20.8 Å². The van der Waals surface area contributed by atoms with Gasteiger partial charge in [-0.2, -0.15) is 4.98 Å². The summed E-state index contributed by atoms with van der Waals surface area (Å²) < 4.78 is 4.99. The number of benzene rings is 1. The molecule has 0 saturated carbocycles. The predicted molar refractivity (Wildman–Crippen MR) is 84.8 cm³/mol. The molecule has 0 fully saturated rings. The number of aliphatic hydroxyl groups is 1. The van der Waals surface area contributed by atoms with Gasteiger partial charge < -0.3 is 20.3 Å². The quantitative estimate of drug-likeness (QED) is 0.672. The lowest BCUT2D eigenvalue weighted by molar-refractivity contribution is 0.0594. The molecule has 2 aromatic rings. The van der Waals surface area contributed by atoms with E-state index in [0.717, 1.165) is 5.56 Å². The first-order valence-electron chi connectivity index (χ1n) is 7.56. The maximum Gasteiger partial charge on any atom is 0.314 e. The van der Waals surface area contributed by atoms with E-state index in [1.165, 1.54) is 0 Å². The van der Waals surface area contributed by atoms with Gasteiger partial charge in [0.15, 0.2) is 5.82 Å². The molecular formula is C16H22N4O3. The molecule has 1 atom stereocenters. The van der Waals surface area contributed by atoms with E-state index in [4.69, 9.17) is 4.52 Å². The van der Waals surface area contributed by atoms with Crippen molar-refractivity contribution in [2.24, 2.45) is 0 Å². The second kappa shape index (κ2) is 7.73. The third-order valence-electron chi connectivity index (χ3n) is 3.41. The molecule has 0 saturated heterocycles. The Morgan fingerprint density at radius 2 is 2.04 bits per heavy atom. The fourth-order valence-corrected chi connectivity index (χ4v) is 2.10. The number of carbonyl (C=O) groups is 1. The van der Waals surface area contributed by atoms with Crippen LogP contribution in [0.5, 0.6) is 0 Å². The molecule has 7 nitrogen and oxygen atoms in total. The summed E-state index contributed by atoms with van der Waals surface area (Å²) in [4.78, 5) is 15.8. The molecule has 23 heavy (non-hydrogen) atoms. The van der Waals surface area contributed by atoms with E-state index >= 15 is 0 Å². The molecule has 0 spiro atoms. The van der Waals surface area contributed by atoms with Crippen LogP contribution in [0.3, 0.4) is 0 Å². The molecule has 2 rings (SSSR count). The van der Waals surface area contributed by atoms with E-state index in [1.807, 2.05) is 30.3 Å². The lowest BCUT2D eigenvalue weighted by atomic mass is 9.96. The summed E-state index contributed by atoms with van der Waals surface area (Å²) in [5.74, 6) is 1.17. The van der Waals surface area contributed by atoms with Crippen molar-refractivity contribution in [1.29, 1.82) is 0 Å². The minimum atomic E-state index is -1.11. The molecule has 0 aliphatic rings. The van der Waals surface area contributed by atoms with Crippen molar-refractivity contribution in [3.8, 4) is 0 Å². The normalized spacial score (nSPS) is 13.3. The van der Waals surface area contributed by atoms with Gasteiger partial charge in [0.1, 0.15) is 5.60 Å². The molecule has 7 heteroatoms. The molecule has 0 unspecified atom stereocenters. The van der Waals surface area contributed by atoms with Crippen molar-refractivity contribution in [2.45, 2.75) is 32.3 Å². The Kier molecular flexibility index (Phi) is 5.70. The lowest BCUT2D eigenvalue weighted by Gasteiger charge is -2.24. The van der Waals surface area contributed by atoms with Crippen LogP contribution in [-0.4, -0.2) is 34.4 Å². The Morgan fingerprint density at radius 3 is 2.70 bits per heavy atom. The zero-order valence-corrected chi connectivity index (χ0v) is 13.4. The summed E-state index contributed by atoms with van der Waals surface area (Å²) in [5.41, 5.74) is -0.355. The highest BCUT2D eigenvalue weighted by Gasteiger charge is 2.23. The van der Waals surface area contributed by atoms with Crippen LogP contribution >= 0.6 is 0 Å². The molecule has 1 aromatic heterocycles. The number of urea groups is 1. The Hall–Kier alpha value is -2.41. The molecule has 0 aliphatic heterocycles. The summed E-state index contributed by atoms with van der Waals surface area (Å²) in [6.45, 7) is 4.05. The van der Waals surface area contributed by atoms with Crippen LogP contribution in [0.25, 0.3) is 0 Å². The number of aromatic nitrogens is 2. The average molecular weight is 318 g/mol. The molecule has 1 heterocycles. The van der Waals surface area contributed by atoms with Crippen molar-refractivity contribution in [2.75, 3.05) is 13.1 Å². The van der Waals surface area contributed by atoms with Crippen LogP contribution in [0.4, 0.5) is 4.79 Å². The smallest absolute Gasteiger partial charge is 0.314 e. The summed E-state index contributed by atoms with van der Waals surface area (Å²) in [7, 11) is 0. The molecular weight excluding hydrogens is 296 g/mol. The average Bonchev–Trinajstić information content (AvgIpc) is 2.96. The highest BCUT2D eigenvalue weighted by atomic mass is 16.5. The van der Waals surface area contributed by atoms with E-state index in [0.29, 0.717) is 31.1 Å². The van der Waals surface area contributed by atoms with Gasteiger partial charge in [-0.3, -0.25) is 0 Å². The van der Waals surface area contributed by atoms with Crippen LogP contribution in [0, 0.1) is 6.92 Å². The molecule has 124 valence electrons. The van der Waals surface area contributed by atoms with Crippen molar-refractivity contribution in [3.63, 3.8) is 0 Å². The lowest BCUT2D eigenvalue weighted by Crippen LogP contribution is -2.43. The third kappa shape index (κ3) is 5.37. The third-order valence-corrected chi connectivity index (χ3v) is 3.41. The molecule has 3 N–H and O–H groups in total. The number of carbonyl (C=O) groups excluding carboxylic acids is 1. The standard InChI is InChI=1S/C16H22N4O3/c1-12-19-14(23-20-12)9-6-10-17-15(21)18-11-16(2,22)13-7-4-3-5-8-13/h3-5,7-8,22H,6,9-11H2,1-2H3,(H2,17,18,21)/t16-/m1/s1. The van der Waals surface area contributed by atoms with Crippen LogP contribution < -0.4 is 10.6 Å². The van der Waals surface area contributed by atoms with Gasteiger partial charge in [-0.05, 0) is 25.8 Å². The van der Waals surface area contributed by atoms with Gasteiger partial charge in [0.2, 0.25) is 5.89 Å². The minimum absolute atomic E-state index is 0.131. The van der Waals surface area contributed by atoms with Crippen molar-refractivity contribution < 1.29 is 14.4 Å². The first-order valence-corrected chi connectivity index (χ1v) is 7.56. The van der Waals surface area contributed by atoms with E-state index in [1.54, 1.807) is 13.8 Å². The molecule has 0 bridgehead atoms. The maximum atomic E-state index is 11.8. The summed E-state index contributed by atoms with van der Waals surface area (Å²) >= 11 is 0. The SMILES string of the molecule is Cc1noc(CCCNC(=O)NC[C@@](C)(O)c2ccccc2)n1. The van der Waals surface area contributed by atoms with E-state index in [9.17, 15) is 9.90 Å². The molecule has 1 aromatic carbocycles. The van der Waals surface area contributed by atoms with Gasteiger partial charge in [-0.25, -0.2) is 4.79 Å². The van der Waals surface area contributed by atoms with Gasteiger partial charge in [-0.15, -0.1) is 0 Å². The summed E-state index contributed by atoms with van der Waals surface area (Å²) in [5, 5.41) is 19.5. The van der Waals surface area contributed by atoms with Crippen LogP contribution in [-0.2, 0) is 12.0 Å². The highest BCUT2D eigenvalue weighted by molar-refractivity contribution is 5.73. The largest absolute Gasteiger partial charge is 0.384 e. The topological polar surface area (TPSA) is 100 Å². The van der Waals surface area contributed by atoms with E-state index < -0.39 is 5.60 Å². The zero-order valence-electron chi connectivity index (χ0n) is 13.4. The number of rotatable bonds is 7. The Labute approximate surface area is 135 Å². The number of nitrogens with zero attached hydrogens (tertiary/aromatic N) is 2. The van der Waals surface area contributed by atoms with Gasteiger partial charge >= 0.3 is 6.03 Å². The minimum Gasteiger partial charge on any atom is -0.384 e. The molecule has 0 aliphatic carbocycles. The molecule has 0 radical (unpaired) electrons. The number of aryl methyl sites for hydroxylation is 2. The Morgan fingerprint density at radius 1 is 1.30 bits per heavy atom. The monoisotopic (exact) mass is 318 g/mol. The number of hydrogen-bond donors (Lipinski definition) is 3. The van der Waals surface area contributed by atoms with Crippen LogP contribution in [0.2, 0.25) is 0 Å². The second-order valence-corrected chi connectivity index (χ2v) is 5.59. The van der Waals surface area contributed by atoms with Crippen molar-refractivity contribution >= 4 is 6.03 Å². The number of hydrogen-bond acceptors (Lipinski definition) is 5. The van der Waals surface area contributed by atoms with Gasteiger partial charge in [0.05, 0.1) is 6.54 Å². The van der Waals surface area contributed by atoms with E-state index in [-0.39, 0.29) is 12.6 Å². The maximum absolute atomic E-state index is 11.8. The summed E-state index contributed by atoms with van der Waals surface area (Å²) in [6, 6.07) is 8.91. The second-order valence-electron chi connectivity index (χ2n) is 5.59. The van der Waals surface area contributed by atoms with Gasteiger partial charge in [-0.1, -0.05) is 35.5 Å². The Balaban J connectivity index is 1.67. The fraction of sp³-hybridized carbons (Fsp3) is 0.438. The fourth-order valence-electron chi connectivity index (χ4n) is 2.10. The van der Waals surface area contributed by atoms with Gasteiger partial charge in [0, 0.05) is 13.0 Å². The van der Waals surface area contributed by atoms with Crippen molar-refractivity contribution in [3.05, 3.63) is 47.6 Å². The van der Waals surface area contributed by atoms with Gasteiger partial charge in [0.25, 0.3) is 0 Å². The van der Waals surface area contributed by atoms with Crippen LogP contribution in [0.1, 0.15) is 30.6 Å². The first-order chi connectivity index (χ1) is 11.0. The van der Waals surface area contributed by atoms with Crippen LogP contribution in [0.15, 0.2) is 34.9 Å². The zero-order chi connectivity index (χ0) is 16.7. The van der Waals surface area contributed by atoms with E-state index in [2.05, 4.69) is 20.8 Å². The summed E-state index contributed by atoms with van der Waals surface area (Å²) in [6.07, 6.45) is 1.31. The Bertz CT molecular complexity index is 625.